The lowest BCUT2D eigenvalue weighted by molar-refractivity contribution is -0.122. The number of rotatable bonds is 6. The van der Waals surface area contributed by atoms with Crippen molar-refractivity contribution in [2.45, 2.75) is 26.4 Å². The maximum Gasteiger partial charge on any atom is 0.250 e. The first-order chi connectivity index (χ1) is 10.6. The van der Waals surface area contributed by atoms with Crippen molar-refractivity contribution in [3.05, 3.63) is 48.5 Å². The fraction of sp³-hybridized carbons (Fsp3) is 0.294. The monoisotopic (exact) mass is 302 g/mol. The highest BCUT2D eigenvalue weighted by atomic mass is 19.1. The largest absolute Gasteiger partial charge is 0.369 e. The molecular formula is C17H19FN2O2. The SMILES string of the molecule is CCC(C)OCC(=O)Nc1cnccc1-c1cccc(F)c1. The number of nitrogens with zero attached hydrogens (tertiary/aromatic N) is 1. The first-order valence-electron chi connectivity index (χ1n) is 7.21. The molecule has 0 saturated heterocycles. The summed E-state index contributed by atoms with van der Waals surface area (Å²) in [4.78, 5) is 16.0. The molecule has 2 aromatic rings. The minimum Gasteiger partial charge on any atom is -0.369 e. The summed E-state index contributed by atoms with van der Waals surface area (Å²) in [5.41, 5.74) is 1.93. The van der Waals surface area contributed by atoms with Gasteiger partial charge in [0.2, 0.25) is 5.91 Å². The number of ether oxygens (including phenoxy) is 1. The van der Waals surface area contributed by atoms with Gasteiger partial charge in [0, 0.05) is 11.8 Å². The summed E-state index contributed by atoms with van der Waals surface area (Å²) < 4.78 is 18.8. The molecule has 2 rings (SSSR count). The molecule has 0 spiro atoms. The molecule has 5 heteroatoms. The molecule has 0 radical (unpaired) electrons. The summed E-state index contributed by atoms with van der Waals surface area (Å²) in [7, 11) is 0. The number of anilines is 1. The van der Waals surface area contributed by atoms with E-state index in [0.717, 1.165) is 6.42 Å². The maximum absolute atomic E-state index is 13.4. The van der Waals surface area contributed by atoms with E-state index in [-0.39, 0.29) is 24.4 Å². The van der Waals surface area contributed by atoms with Crippen LogP contribution in [0.25, 0.3) is 11.1 Å². The van der Waals surface area contributed by atoms with E-state index in [0.29, 0.717) is 16.8 Å². The zero-order chi connectivity index (χ0) is 15.9. The van der Waals surface area contributed by atoms with Gasteiger partial charge in [0.25, 0.3) is 0 Å². The number of halogens is 1. The van der Waals surface area contributed by atoms with Crippen molar-refractivity contribution in [2.75, 3.05) is 11.9 Å². The summed E-state index contributed by atoms with van der Waals surface area (Å²) in [5.74, 6) is -0.586. The van der Waals surface area contributed by atoms with Gasteiger partial charge in [0.05, 0.1) is 18.0 Å². The van der Waals surface area contributed by atoms with Crippen molar-refractivity contribution in [3.8, 4) is 11.1 Å². The second kappa shape index (κ2) is 7.66. The van der Waals surface area contributed by atoms with Crippen LogP contribution < -0.4 is 5.32 Å². The smallest absolute Gasteiger partial charge is 0.250 e. The van der Waals surface area contributed by atoms with E-state index in [2.05, 4.69) is 10.3 Å². The molecule has 1 atom stereocenters. The van der Waals surface area contributed by atoms with Gasteiger partial charge in [-0.05, 0) is 37.1 Å². The third-order valence-electron chi connectivity index (χ3n) is 3.30. The van der Waals surface area contributed by atoms with Crippen LogP contribution in [-0.2, 0) is 9.53 Å². The molecule has 0 aliphatic heterocycles. The second-order valence-electron chi connectivity index (χ2n) is 5.01. The number of nitrogens with one attached hydrogen (secondary N) is 1. The van der Waals surface area contributed by atoms with Crippen LogP contribution in [0.1, 0.15) is 20.3 Å². The predicted molar refractivity (Wildman–Crippen MR) is 84.0 cm³/mol. The molecular weight excluding hydrogens is 283 g/mol. The summed E-state index contributed by atoms with van der Waals surface area (Å²) in [6.45, 7) is 3.88. The molecule has 4 nitrogen and oxygen atoms in total. The van der Waals surface area contributed by atoms with Crippen molar-refractivity contribution in [1.29, 1.82) is 0 Å². The van der Waals surface area contributed by atoms with Gasteiger partial charge in [-0.1, -0.05) is 19.1 Å². The number of benzene rings is 1. The first kappa shape index (κ1) is 16.1. The van der Waals surface area contributed by atoms with Gasteiger partial charge in [0.1, 0.15) is 12.4 Å². The number of pyridine rings is 1. The molecule has 1 aromatic heterocycles. The minimum absolute atomic E-state index is 0.0213. The highest BCUT2D eigenvalue weighted by Gasteiger charge is 2.10. The van der Waals surface area contributed by atoms with E-state index in [1.165, 1.54) is 12.1 Å². The lowest BCUT2D eigenvalue weighted by atomic mass is 10.1. The summed E-state index contributed by atoms with van der Waals surface area (Å²) >= 11 is 0. The fourth-order valence-corrected chi connectivity index (χ4v) is 1.92. The molecule has 22 heavy (non-hydrogen) atoms. The van der Waals surface area contributed by atoms with E-state index < -0.39 is 0 Å². The number of amides is 1. The zero-order valence-electron chi connectivity index (χ0n) is 12.7. The lowest BCUT2D eigenvalue weighted by Crippen LogP contribution is -2.22. The summed E-state index contributed by atoms with van der Waals surface area (Å²) in [6, 6.07) is 7.94. The van der Waals surface area contributed by atoms with E-state index in [4.69, 9.17) is 4.74 Å². The third kappa shape index (κ3) is 4.36. The first-order valence-corrected chi connectivity index (χ1v) is 7.21. The van der Waals surface area contributed by atoms with Crippen LogP contribution in [-0.4, -0.2) is 23.6 Å². The highest BCUT2D eigenvalue weighted by molar-refractivity contribution is 5.95. The van der Waals surface area contributed by atoms with Gasteiger partial charge in [-0.2, -0.15) is 0 Å². The maximum atomic E-state index is 13.4. The van der Waals surface area contributed by atoms with E-state index in [1.54, 1.807) is 30.6 Å². The number of hydrogen-bond donors (Lipinski definition) is 1. The van der Waals surface area contributed by atoms with Gasteiger partial charge in [-0.15, -0.1) is 0 Å². The topological polar surface area (TPSA) is 51.2 Å². The number of hydrogen-bond acceptors (Lipinski definition) is 3. The van der Waals surface area contributed by atoms with Crippen molar-refractivity contribution in [1.82, 2.24) is 4.98 Å². The van der Waals surface area contributed by atoms with Crippen LogP contribution in [0.5, 0.6) is 0 Å². The molecule has 0 fully saturated rings. The van der Waals surface area contributed by atoms with Gasteiger partial charge < -0.3 is 10.1 Å². The average Bonchev–Trinajstić information content (AvgIpc) is 2.53. The Morgan fingerprint density at radius 2 is 2.23 bits per heavy atom. The van der Waals surface area contributed by atoms with Crippen LogP contribution in [0.2, 0.25) is 0 Å². The molecule has 0 bridgehead atoms. The molecule has 1 N–H and O–H groups in total. The van der Waals surface area contributed by atoms with Crippen LogP contribution in [0, 0.1) is 5.82 Å². The Morgan fingerprint density at radius 3 is 2.95 bits per heavy atom. The van der Waals surface area contributed by atoms with Crippen LogP contribution >= 0.6 is 0 Å². The summed E-state index contributed by atoms with van der Waals surface area (Å²) in [6.07, 6.45) is 4.02. The second-order valence-corrected chi connectivity index (χ2v) is 5.01. The standard InChI is InChI=1S/C17H19FN2O2/c1-3-12(2)22-11-17(21)20-16-10-19-8-7-15(16)13-5-4-6-14(18)9-13/h4-10,12H,3,11H2,1-2H3,(H,20,21). The Bertz CT molecular complexity index is 646. The van der Waals surface area contributed by atoms with Crippen LogP contribution in [0.3, 0.4) is 0 Å². The van der Waals surface area contributed by atoms with Gasteiger partial charge in [-0.25, -0.2) is 4.39 Å². The highest BCUT2D eigenvalue weighted by Crippen LogP contribution is 2.27. The molecule has 1 unspecified atom stereocenters. The van der Waals surface area contributed by atoms with Gasteiger partial charge in [-0.3, -0.25) is 9.78 Å². The quantitative estimate of drug-likeness (QED) is 0.886. The Balaban J connectivity index is 2.13. The van der Waals surface area contributed by atoms with Crippen molar-refractivity contribution in [2.24, 2.45) is 0 Å². The number of carbonyl (C=O) groups excluding carboxylic acids is 1. The van der Waals surface area contributed by atoms with E-state index in [9.17, 15) is 9.18 Å². The van der Waals surface area contributed by atoms with Gasteiger partial charge >= 0.3 is 0 Å². The van der Waals surface area contributed by atoms with Crippen molar-refractivity contribution < 1.29 is 13.9 Å². The Labute approximate surface area is 129 Å². The number of carbonyl (C=O) groups is 1. The van der Waals surface area contributed by atoms with Crippen LogP contribution in [0.15, 0.2) is 42.7 Å². The molecule has 1 amide bonds. The molecule has 1 aromatic carbocycles. The van der Waals surface area contributed by atoms with Gasteiger partial charge in [0.15, 0.2) is 0 Å². The van der Waals surface area contributed by atoms with E-state index in [1.807, 2.05) is 13.8 Å². The minimum atomic E-state index is -0.327. The Morgan fingerprint density at radius 1 is 1.41 bits per heavy atom. The Kier molecular flexibility index (Phi) is 5.61. The van der Waals surface area contributed by atoms with E-state index >= 15 is 0 Å². The third-order valence-corrected chi connectivity index (χ3v) is 3.30. The number of aromatic nitrogens is 1. The normalized spacial score (nSPS) is 12.0. The average molecular weight is 302 g/mol. The lowest BCUT2D eigenvalue weighted by Gasteiger charge is -2.13. The molecule has 0 aliphatic rings. The molecule has 0 aliphatic carbocycles. The molecule has 116 valence electrons. The molecule has 1 heterocycles. The summed E-state index contributed by atoms with van der Waals surface area (Å²) in [5, 5.41) is 2.76. The van der Waals surface area contributed by atoms with Crippen molar-refractivity contribution in [3.63, 3.8) is 0 Å². The molecule has 0 saturated carbocycles. The predicted octanol–water partition coefficient (Wildman–Crippen LogP) is 3.64. The zero-order valence-corrected chi connectivity index (χ0v) is 12.7. The fourth-order valence-electron chi connectivity index (χ4n) is 1.92. The van der Waals surface area contributed by atoms with Crippen LogP contribution in [0.4, 0.5) is 10.1 Å². The van der Waals surface area contributed by atoms with Crippen molar-refractivity contribution >= 4 is 11.6 Å². The Hall–Kier alpha value is -2.27.